The van der Waals surface area contributed by atoms with Crippen LogP contribution in [-0.4, -0.2) is 39.2 Å². The monoisotopic (exact) mass is 384 g/mol. The van der Waals surface area contributed by atoms with Gasteiger partial charge in [-0.2, -0.15) is 13.2 Å². The third-order valence-electron chi connectivity index (χ3n) is 3.86. The molecule has 0 saturated heterocycles. The number of imidazole rings is 1. The molecular formula is C17H19F3N4O3. The van der Waals surface area contributed by atoms with Crippen molar-refractivity contribution in [3.05, 3.63) is 54.1 Å². The van der Waals surface area contributed by atoms with Gasteiger partial charge >= 0.3 is 6.18 Å². The van der Waals surface area contributed by atoms with Crippen LogP contribution >= 0.6 is 0 Å². The molecule has 0 fully saturated rings. The summed E-state index contributed by atoms with van der Waals surface area (Å²) in [5.41, 5.74) is -2.63. The molecule has 0 spiro atoms. The second-order valence-electron chi connectivity index (χ2n) is 5.94. The van der Waals surface area contributed by atoms with Gasteiger partial charge in [0.25, 0.3) is 0 Å². The van der Waals surface area contributed by atoms with Crippen molar-refractivity contribution in [2.75, 3.05) is 6.54 Å². The Hall–Kier alpha value is -2.88. The number of alkyl halides is 3. The highest BCUT2D eigenvalue weighted by molar-refractivity contribution is 5.85. The van der Waals surface area contributed by atoms with Crippen molar-refractivity contribution in [3.8, 4) is 0 Å². The molecule has 10 heteroatoms. The SMILES string of the molecule is Cn1ccnc1C(O)(CC(=O)NCC(=O)NCc1ccccc1)C(F)(F)F. The molecule has 1 heterocycles. The number of amides is 2. The van der Waals surface area contributed by atoms with Gasteiger partial charge in [-0.3, -0.25) is 9.59 Å². The summed E-state index contributed by atoms with van der Waals surface area (Å²) in [5, 5.41) is 14.7. The van der Waals surface area contributed by atoms with Crippen molar-refractivity contribution in [2.45, 2.75) is 24.7 Å². The van der Waals surface area contributed by atoms with E-state index in [0.29, 0.717) is 0 Å². The van der Waals surface area contributed by atoms with Gasteiger partial charge in [-0.1, -0.05) is 30.3 Å². The maximum Gasteiger partial charge on any atom is 0.425 e. The number of carbonyl (C=O) groups excluding carboxylic acids is 2. The van der Waals surface area contributed by atoms with E-state index in [4.69, 9.17) is 0 Å². The normalized spacial score (nSPS) is 13.7. The first-order chi connectivity index (χ1) is 12.6. The maximum atomic E-state index is 13.4. The first-order valence-corrected chi connectivity index (χ1v) is 7.97. The van der Waals surface area contributed by atoms with Gasteiger partial charge in [-0.15, -0.1) is 0 Å². The molecule has 1 aromatic carbocycles. The van der Waals surface area contributed by atoms with Crippen LogP contribution in [0.4, 0.5) is 13.2 Å². The Balaban J connectivity index is 1.92. The summed E-state index contributed by atoms with van der Waals surface area (Å²) >= 11 is 0. The van der Waals surface area contributed by atoms with Crippen molar-refractivity contribution in [1.29, 1.82) is 0 Å². The zero-order valence-corrected chi connectivity index (χ0v) is 14.5. The van der Waals surface area contributed by atoms with E-state index in [-0.39, 0.29) is 6.54 Å². The van der Waals surface area contributed by atoms with Crippen LogP contribution < -0.4 is 10.6 Å². The minimum absolute atomic E-state index is 0.218. The zero-order valence-electron chi connectivity index (χ0n) is 14.5. The first kappa shape index (κ1) is 20.4. The van der Waals surface area contributed by atoms with Gasteiger partial charge in [0.15, 0.2) is 5.82 Å². The number of halogens is 3. The van der Waals surface area contributed by atoms with Gasteiger partial charge in [0.1, 0.15) is 0 Å². The van der Waals surface area contributed by atoms with Gasteiger partial charge in [0.2, 0.25) is 17.4 Å². The molecule has 1 unspecified atom stereocenters. The van der Waals surface area contributed by atoms with E-state index in [2.05, 4.69) is 15.6 Å². The summed E-state index contributed by atoms with van der Waals surface area (Å²) in [6.45, 7) is -0.296. The zero-order chi connectivity index (χ0) is 20.1. The van der Waals surface area contributed by atoms with E-state index in [0.717, 1.165) is 16.3 Å². The topological polar surface area (TPSA) is 96.2 Å². The molecule has 0 aliphatic carbocycles. The van der Waals surface area contributed by atoms with Crippen molar-refractivity contribution in [1.82, 2.24) is 20.2 Å². The number of aromatic nitrogens is 2. The van der Waals surface area contributed by atoms with Gasteiger partial charge in [0.05, 0.1) is 13.0 Å². The van der Waals surface area contributed by atoms with Gasteiger partial charge in [-0.25, -0.2) is 4.98 Å². The molecular weight excluding hydrogens is 365 g/mol. The lowest BCUT2D eigenvalue weighted by Crippen LogP contribution is -2.48. The predicted molar refractivity (Wildman–Crippen MR) is 89.1 cm³/mol. The first-order valence-electron chi connectivity index (χ1n) is 7.97. The van der Waals surface area contributed by atoms with Crippen LogP contribution in [0.5, 0.6) is 0 Å². The van der Waals surface area contributed by atoms with E-state index in [9.17, 15) is 27.9 Å². The lowest BCUT2D eigenvalue weighted by atomic mass is 9.97. The number of aliphatic hydroxyl groups is 1. The fourth-order valence-corrected chi connectivity index (χ4v) is 2.40. The van der Waals surface area contributed by atoms with E-state index in [1.165, 1.54) is 13.2 Å². The van der Waals surface area contributed by atoms with E-state index < -0.39 is 42.4 Å². The summed E-state index contributed by atoms with van der Waals surface area (Å²) in [5.74, 6) is -2.41. The number of hydrogen-bond donors (Lipinski definition) is 3. The van der Waals surface area contributed by atoms with Crippen molar-refractivity contribution in [3.63, 3.8) is 0 Å². The molecule has 0 aliphatic rings. The lowest BCUT2D eigenvalue weighted by molar-refractivity contribution is -0.271. The standard InChI is InChI=1S/C17H19F3N4O3/c1-24-8-7-21-15(24)16(27,17(18,19)20)9-13(25)23-11-14(26)22-10-12-5-3-2-4-6-12/h2-8,27H,9-11H2,1H3,(H,22,26)(H,23,25). The van der Waals surface area contributed by atoms with Crippen molar-refractivity contribution in [2.24, 2.45) is 7.05 Å². The van der Waals surface area contributed by atoms with Crippen LogP contribution in [0, 0.1) is 0 Å². The highest BCUT2D eigenvalue weighted by Crippen LogP contribution is 2.40. The maximum absolute atomic E-state index is 13.4. The number of nitrogens with one attached hydrogen (secondary N) is 2. The molecule has 0 saturated carbocycles. The Morgan fingerprint density at radius 2 is 1.81 bits per heavy atom. The second-order valence-corrected chi connectivity index (χ2v) is 5.94. The van der Waals surface area contributed by atoms with Crippen molar-refractivity contribution < 1.29 is 27.9 Å². The Bertz CT molecular complexity index is 792. The highest BCUT2D eigenvalue weighted by Gasteiger charge is 2.58. The number of benzene rings is 1. The van der Waals surface area contributed by atoms with Crippen LogP contribution in [0.3, 0.4) is 0 Å². The highest BCUT2D eigenvalue weighted by atomic mass is 19.4. The smallest absolute Gasteiger partial charge is 0.374 e. The minimum atomic E-state index is -5.13. The molecule has 1 atom stereocenters. The lowest BCUT2D eigenvalue weighted by Gasteiger charge is -2.29. The molecule has 2 rings (SSSR count). The van der Waals surface area contributed by atoms with Crippen molar-refractivity contribution >= 4 is 11.8 Å². The number of rotatable bonds is 7. The molecule has 2 amide bonds. The molecule has 1 aromatic heterocycles. The third kappa shape index (κ3) is 5.07. The number of hydrogen-bond acceptors (Lipinski definition) is 4. The molecule has 0 aliphatic heterocycles. The van der Waals surface area contributed by atoms with Crippen LogP contribution in [-0.2, 0) is 28.8 Å². The van der Waals surface area contributed by atoms with Crippen LogP contribution in [0.15, 0.2) is 42.7 Å². The molecule has 27 heavy (non-hydrogen) atoms. The summed E-state index contributed by atoms with van der Waals surface area (Å²) in [7, 11) is 1.27. The van der Waals surface area contributed by atoms with E-state index in [1.807, 2.05) is 6.07 Å². The summed E-state index contributed by atoms with van der Waals surface area (Å²) in [4.78, 5) is 27.1. The molecule has 2 aromatic rings. The predicted octanol–water partition coefficient (Wildman–Crippen LogP) is 0.993. The Morgan fingerprint density at radius 1 is 1.15 bits per heavy atom. The van der Waals surface area contributed by atoms with E-state index in [1.54, 1.807) is 24.3 Å². The summed E-state index contributed by atoms with van der Waals surface area (Å²) < 4.78 is 41.0. The van der Waals surface area contributed by atoms with Gasteiger partial charge in [-0.05, 0) is 5.56 Å². The summed E-state index contributed by atoms with van der Waals surface area (Å²) in [6, 6.07) is 8.97. The number of carbonyl (C=O) groups is 2. The minimum Gasteiger partial charge on any atom is -0.374 e. The fourth-order valence-electron chi connectivity index (χ4n) is 2.40. The molecule has 7 nitrogen and oxygen atoms in total. The third-order valence-corrected chi connectivity index (χ3v) is 3.86. The molecule has 146 valence electrons. The van der Waals surface area contributed by atoms with Gasteiger partial charge < -0.3 is 20.3 Å². The quantitative estimate of drug-likeness (QED) is 0.663. The Kier molecular flexibility index (Phi) is 6.21. The van der Waals surface area contributed by atoms with Crippen LogP contribution in [0.25, 0.3) is 0 Å². The van der Waals surface area contributed by atoms with Crippen LogP contribution in [0.2, 0.25) is 0 Å². The van der Waals surface area contributed by atoms with Gasteiger partial charge in [0, 0.05) is 26.0 Å². The number of aryl methyl sites for hydroxylation is 1. The van der Waals surface area contributed by atoms with Crippen LogP contribution in [0.1, 0.15) is 17.8 Å². The fraction of sp³-hybridized carbons (Fsp3) is 0.353. The average Bonchev–Trinajstić information content (AvgIpc) is 3.04. The molecule has 3 N–H and O–H groups in total. The molecule has 0 radical (unpaired) electrons. The second kappa shape index (κ2) is 8.21. The summed E-state index contributed by atoms with van der Waals surface area (Å²) in [6.07, 6.45) is -4.13. The number of nitrogens with zero attached hydrogens (tertiary/aromatic N) is 2. The largest absolute Gasteiger partial charge is 0.425 e. The molecule has 0 bridgehead atoms. The van der Waals surface area contributed by atoms with E-state index >= 15 is 0 Å². The Labute approximate surface area is 153 Å². The average molecular weight is 384 g/mol. The Morgan fingerprint density at radius 3 is 2.37 bits per heavy atom.